The van der Waals surface area contributed by atoms with Gasteiger partial charge in [0.1, 0.15) is 12.1 Å². The monoisotopic (exact) mass is 411 g/mol. The van der Waals surface area contributed by atoms with E-state index in [2.05, 4.69) is 52.0 Å². The lowest BCUT2D eigenvalue weighted by atomic mass is 9.91. The van der Waals surface area contributed by atoms with Crippen LogP contribution < -0.4 is 0 Å². The Morgan fingerprint density at radius 3 is 2.29 bits per heavy atom. The van der Waals surface area contributed by atoms with E-state index >= 15 is 0 Å². The highest BCUT2D eigenvalue weighted by atomic mass is 35.6. The van der Waals surface area contributed by atoms with E-state index < -0.39 is 17.6 Å². The van der Waals surface area contributed by atoms with Crippen LogP contribution >= 0.6 is 34.8 Å². The van der Waals surface area contributed by atoms with Gasteiger partial charge in [0.2, 0.25) is 5.90 Å². The smallest absolute Gasteiger partial charge is 0.266 e. The molecular formula is C17H28Cl3NO2Si. The molecule has 0 amide bonds. The normalized spacial score (nSPS) is 23.4. The predicted octanol–water partition coefficient (Wildman–Crippen LogP) is 6.07. The molecule has 7 heteroatoms. The molecule has 0 radical (unpaired) electrons. The molecule has 0 bridgehead atoms. The molecule has 0 spiro atoms. The Kier molecular flexibility index (Phi) is 7.08. The third-order valence-electron chi connectivity index (χ3n) is 4.78. The van der Waals surface area contributed by atoms with Crippen LogP contribution in [0.25, 0.3) is 0 Å². The molecule has 0 saturated heterocycles. The van der Waals surface area contributed by atoms with Crippen LogP contribution in [0.1, 0.15) is 33.6 Å². The van der Waals surface area contributed by atoms with Gasteiger partial charge in [0, 0.05) is 0 Å². The first-order valence-electron chi connectivity index (χ1n) is 8.01. The van der Waals surface area contributed by atoms with Crippen molar-refractivity contribution in [3.8, 4) is 0 Å². The molecule has 138 valence electrons. The van der Waals surface area contributed by atoms with Gasteiger partial charge in [-0.3, -0.25) is 0 Å². The van der Waals surface area contributed by atoms with Gasteiger partial charge in [-0.15, -0.1) is 13.2 Å². The van der Waals surface area contributed by atoms with Crippen molar-refractivity contribution in [3.05, 3.63) is 25.3 Å². The molecule has 0 aromatic rings. The summed E-state index contributed by atoms with van der Waals surface area (Å²) in [6.07, 6.45) is 4.96. The van der Waals surface area contributed by atoms with Crippen LogP contribution in [0.5, 0.6) is 0 Å². The first-order chi connectivity index (χ1) is 10.8. The summed E-state index contributed by atoms with van der Waals surface area (Å²) in [6, 6.07) is 0. The average molecular weight is 413 g/mol. The lowest BCUT2D eigenvalue weighted by Crippen LogP contribution is -2.51. The summed E-state index contributed by atoms with van der Waals surface area (Å²) in [5, 5.41) is 0.0724. The molecule has 3 nitrogen and oxygen atoms in total. The Balaban J connectivity index is 3.21. The molecule has 24 heavy (non-hydrogen) atoms. The van der Waals surface area contributed by atoms with Crippen LogP contribution in [0.15, 0.2) is 30.3 Å². The van der Waals surface area contributed by atoms with Gasteiger partial charge < -0.3 is 9.16 Å². The minimum atomic E-state index is -2.02. The van der Waals surface area contributed by atoms with E-state index in [1.165, 1.54) is 0 Å². The van der Waals surface area contributed by atoms with E-state index in [4.69, 9.17) is 44.0 Å². The van der Waals surface area contributed by atoms with Crippen LogP contribution in [0.3, 0.4) is 0 Å². The van der Waals surface area contributed by atoms with E-state index in [0.717, 1.165) is 12.8 Å². The van der Waals surface area contributed by atoms with Gasteiger partial charge in [0.05, 0.1) is 6.10 Å². The molecule has 0 aliphatic carbocycles. The Labute approximate surface area is 162 Å². The Hall–Kier alpha value is -0.00312. The van der Waals surface area contributed by atoms with Crippen LogP contribution in [-0.2, 0) is 9.16 Å². The molecular weight excluding hydrogens is 385 g/mol. The molecule has 0 aromatic carbocycles. The maximum Gasteiger partial charge on any atom is 0.266 e. The molecule has 1 aliphatic heterocycles. The fraction of sp³-hybridized carbons (Fsp3) is 0.706. The highest BCUT2D eigenvalue weighted by Gasteiger charge is 2.50. The third-order valence-corrected chi connectivity index (χ3v) is 9.75. The number of hydrogen-bond acceptors (Lipinski definition) is 3. The lowest BCUT2D eigenvalue weighted by Gasteiger charge is -2.43. The number of alkyl halides is 3. The zero-order valence-corrected chi connectivity index (χ0v) is 18.4. The minimum absolute atomic E-state index is 0.0724. The van der Waals surface area contributed by atoms with Crippen molar-refractivity contribution in [2.75, 3.05) is 6.61 Å². The standard InChI is InChI=1S/C17H28Cl3NO2Si/c1-8-10-11-13(23-24(6,7)15(3,4)5)16(9-2)12-22-14(21-16)17(18,19)20/h8-9,13H,1-2,10-12H2,3-7H3/t13-,16-/m1/s1. The number of hydrogen-bond donors (Lipinski definition) is 0. The Morgan fingerprint density at radius 2 is 1.92 bits per heavy atom. The number of allylic oxidation sites excluding steroid dienone is 1. The second-order valence-electron chi connectivity index (χ2n) is 7.63. The topological polar surface area (TPSA) is 30.8 Å². The second kappa shape index (κ2) is 7.71. The average Bonchev–Trinajstić information content (AvgIpc) is 2.87. The lowest BCUT2D eigenvalue weighted by molar-refractivity contribution is 0.0937. The van der Waals surface area contributed by atoms with Gasteiger partial charge in [-0.2, -0.15) is 0 Å². The Bertz CT molecular complexity index is 509. The van der Waals surface area contributed by atoms with E-state index in [1.807, 2.05) is 6.08 Å². The molecule has 1 heterocycles. The number of aliphatic imine (C=N–C) groups is 1. The largest absolute Gasteiger partial charge is 0.475 e. The number of ether oxygens (including phenoxy) is 1. The van der Waals surface area contributed by atoms with Crippen molar-refractivity contribution in [3.63, 3.8) is 0 Å². The molecule has 0 aromatic heterocycles. The highest BCUT2D eigenvalue weighted by molar-refractivity contribution is 6.76. The van der Waals surface area contributed by atoms with Gasteiger partial charge in [-0.1, -0.05) is 67.7 Å². The zero-order chi connectivity index (χ0) is 18.8. The summed E-state index contributed by atoms with van der Waals surface area (Å²) in [4.78, 5) is 4.57. The van der Waals surface area contributed by atoms with Crippen molar-refractivity contribution in [1.29, 1.82) is 0 Å². The summed E-state index contributed by atoms with van der Waals surface area (Å²) in [6.45, 7) is 19.0. The van der Waals surface area contributed by atoms with Crippen molar-refractivity contribution < 1.29 is 9.16 Å². The van der Waals surface area contributed by atoms with Crippen molar-refractivity contribution in [1.82, 2.24) is 0 Å². The maximum absolute atomic E-state index is 6.65. The molecule has 0 unspecified atom stereocenters. The van der Waals surface area contributed by atoms with Crippen molar-refractivity contribution in [2.45, 2.75) is 67.2 Å². The van der Waals surface area contributed by atoms with E-state index in [0.29, 0.717) is 0 Å². The number of rotatable bonds is 7. The fourth-order valence-electron chi connectivity index (χ4n) is 2.20. The quantitative estimate of drug-likeness (QED) is 0.289. The molecule has 0 N–H and O–H groups in total. The van der Waals surface area contributed by atoms with Crippen LogP contribution in [0.2, 0.25) is 18.1 Å². The molecule has 0 fully saturated rings. The zero-order valence-electron chi connectivity index (χ0n) is 15.2. The molecule has 2 atom stereocenters. The summed E-state index contributed by atoms with van der Waals surface area (Å²) < 4.78 is 10.5. The molecule has 1 rings (SSSR count). The number of halogens is 3. The van der Waals surface area contributed by atoms with E-state index in [-0.39, 0.29) is 23.6 Å². The molecule has 0 saturated carbocycles. The summed E-state index contributed by atoms with van der Waals surface area (Å²) in [7, 11) is -2.02. The van der Waals surface area contributed by atoms with Crippen LogP contribution in [0, 0.1) is 0 Å². The van der Waals surface area contributed by atoms with E-state index in [1.54, 1.807) is 6.08 Å². The maximum atomic E-state index is 6.65. The van der Waals surface area contributed by atoms with Gasteiger partial charge >= 0.3 is 0 Å². The first-order valence-corrected chi connectivity index (χ1v) is 12.1. The Morgan fingerprint density at radius 1 is 1.33 bits per heavy atom. The summed E-state index contributed by atoms with van der Waals surface area (Å²) in [5.41, 5.74) is -0.752. The highest BCUT2D eigenvalue weighted by Crippen LogP contribution is 2.42. The third kappa shape index (κ3) is 5.01. The minimum Gasteiger partial charge on any atom is -0.475 e. The summed E-state index contributed by atoms with van der Waals surface area (Å²) in [5.74, 6) is 0.0924. The van der Waals surface area contributed by atoms with Gasteiger partial charge in [-0.25, -0.2) is 4.99 Å². The van der Waals surface area contributed by atoms with Crippen molar-refractivity contribution >= 4 is 49.0 Å². The number of nitrogens with zero attached hydrogens (tertiary/aromatic N) is 1. The van der Waals surface area contributed by atoms with Crippen LogP contribution in [0.4, 0.5) is 0 Å². The van der Waals surface area contributed by atoms with Crippen molar-refractivity contribution in [2.24, 2.45) is 4.99 Å². The van der Waals surface area contributed by atoms with Gasteiger partial charge in [0.25, 0.3) is 3.79 Å². The molecule has 1 aliphatic rings. The first kappa shape index (κ1) is 22.0. The predicted molar refractivity (Wildman–Crippen MR) is 108 cm³/mol. The summed E-state index contributed by atoms with van der Waals surface area (Å²) >= 11 is 17.8. The van der Waals surface area contributed by atoms with Gasteiger partial charge in [-0.05, 0) is 31.0 Å². The second-order valence-corrected chi connectivity index (χ2v) is 14.7. The van der Waals surface area contributed by atoms with Gasteiger partial charge in [0.15, 0.2) is 8.32 Å². The fourth-order valence-corrected chi connectivity index (χ4v) is 3.87. The SMILES string of the molecule is C=CCC[C@@H](O[Si](C)(C)C(C)(C)C)[C@@]1(C=C)COC(C(Cl)(Cl)Cl)=N1. The van der Waals surface area contributed by atoms with E-state index in [9.17, 15) is 0 Å². The van der Waals surface area contributed by atoms with Crippen LogP contribution in [-0.4, -0.2) is 36.3 Å².